The van der Waals surface area contributed by atoms with Crippen LogP contribution in [0.2, 0.25) is 0 Å². The van der Waals surface area contributed by atoms with Gasteiger partial charge in [-0.3, -0.25) is 19.5 Å². The van der Waals surface area contributed by atoms with Crippen molar-refractivity contribution < 1.29 is 34.8 Å². The van der Waals surface area contributed by atoms with E-state index in [-0.39, 0.29) is 58.5 Å². The summed E-state index contributed by atoms with van der Waals surface area (Å²) in [6.45, 7) is 10.7. The largest absolute Gasteiger partial charge is 0.465 e. The Hall–Kier alpha value is -3.86. The third-order valence-corrected chi connectivity index (χ3v) is 15.9. The number of carboxylic acid groups (broad SMARTS) is 1. The third kappa shape index (κ3) is 7.51. The molecule has 4 aliphatic rings. The highest BCUT2D eigenvalue weighted by atomic mass is 16.4. The van der Waals surface area contributed by atoms with Gasteiger partial charge >= 0.3 is 6.09 Å². The molecule has 2 aromatic carbocycles. The number of nitrogens with one attached hydrogen (secondary N) is 1. The molecule has 10 heteroatoms. The van der Waals surface area contributed by atoms with Crippen LogP contribution < -0.4 is 5.32 Å². The number of nitrogens with zero attached hydrogens (tertiary/aromatic N) is 2. The second kappa shape index (κ2) is 15.7. The van der Waals surface area contributed by atoms with Gasteiger partial charge in [0.15, 0.2) is 5.78 Å². The number of aliphatic hydroxyl groups excluding tert-OH is 2. The number of carbonyl (C=O) groups excluding carboxylic acids is 2. The number of hydrogen-bond acceptors (Lipinski definition) is 8. The zero-order chi connectivity index (χ0) is 41.0. The van der Waals surface area contributed by atoms with E-state index < -0.39 is 29.8 Å². The molecule has 11 atom stereocenters. The van der Waals surface area contributed by atoms with Crippen molar-refractivity contribution in [2.75, 3.05) is 12.4 Å². The molecule has 2 amide bonds. The Kier molecular flexibility index (Phi) is 11.4. The molecule has 1 heterocycles. The van der Waals surface area contributed by atoms with Gasteiger partial charge in [0.25, 0.3) is 0 Å². The van der Waals surface area contributed by atoms with E-state index >= 15 is 0 Å². The van der Waals surface area contributed by atoms with E-state index in [1.54, 1.807) is 6.92 Å². The Bertz CT molecular complexity index is 2020. The number of aliphatic hydroxyl groups is 3. The fourth-order valence-corrected chi connectivity index (χ4v) is 12.7. The van der Waals surface area contributed by atoms with Gasteiger partial charge in [-0.15, -0.1) is 0 Å². The van der Waals surface area contributed by atoms with Crippen LogP contribution in [-0.4, -0.2) is 73.0 Å². The Morgan fingerprint density at radius 1 is 1.00 bits per heavy atom. The van der Waals surface area contributed by atoms with Crippen LogP contribution in [0.25, 0.3) is 10.9 Å². The highest BCUT2D eigenvalue weighted by Crippen LogP contribution is 2.69. The maximum absolute atomic E-state index is 12.7. The zero-order valence-corrected chi connectivity index (χ0v) is 34.6. The van der Waals surface area contributed by atoms with Crippen LogP contribution in [0.4, 0.5) is 10.5 Å². The number of amides is 2. The van der Waals surface area contributed by atoms with Gasteiger partial charge in [-0.25, -0.2) is 4.79 Å². The van der Waals surface area contributed by atoms with Crippen molar-refractivity contribution in [3.05, 3.63) is 70.9 Å². The summed E-state index contributed by atoms with van der Waals surface area (Å²) in [4.78, 5) is 41.9. The van der Waals surface area contributed by atoms with Gasteiger partial charge in [0.2, 0.25) is 5.91 Å². The van der Waals surface area contributed by atoms with Gasteiger partial charge in [-0.1, -0.05) is 63.2 Å². The van der Waals surface area contributed by atoms with Crippen LogP contribution in [0.5, 0.6) is 0 Å². The van der Waals surface area contributed by atoms with Gasteiger partial charge < -0.3 is 25.7 Å². The van der Waals surface area contributed by atoms with E-state index in [1.165, 1.54) is 7.05 Å². The topological polar surface area (TPSA) is 160 Å². The van der Waals surface area contributed by atoms with Gasteiger partial charge in [0, 0.05) is 25.4 Å². The van der Waals surface area contributed by atoms with Crippen molar-refractivity contribution in [2.24, 2.45) is 46.3 Å². The lowest BCUT2D eigenvalue weighted by Crippen LogP contribution is -2.63. The first kappa shape index (κ1) is 41.3. The summed E-state index contributed by atoms with van der Waals surface area (Å²) in [7, 11) is 1.29. The number of aromatic nitrogens is 1. The lowest BCUT2D eigenvalue weighted by Gasteiger charge is -2.64. The molecule has 57 heavy (non-hydrogen) atoms. The zero-order valence-electron chi connectivity index (χ0n) is 34.6. The molecule has 0 spiro atoms. The number of Topliss-reactive ketones (excluding diaryl/α,β-unsaturated/α-hetero) is 1. The molecule has 10 nitrogen and oxygen atoms in total. The highest BCUT2D eigenvalue weighted by Gasteiger charge is 2.66. The van der Waals surface area contributed by atoms with Crippen molar-refractivity contribution in [2.45, 2.75) is 130 Å². The van der Waals surface area contributed by atoms with E-state index in [9.17, 15) is 34.8 Å². The molecular weight excluding hydrogens is 719 g/mol. The minimum Gasteiger partial charge on any atom is -0.465 e. The standard InChI is InChI=1S/C47H63N3O7/c1-27(14-17-40(54)50(6)44(55)56)34-15-16-35-42-36(24-39(53)46(34,35)5)45(4)20-21-47(57,25-32(45)23-38(42)52)19-18-30-10-9-11-31(22-30)26-48-43-33-12-7-8-13-37(33)49-28(2)41(43)29(3)51/h7-13,22,27,32,34-36,38-39,42,52-53,57H,14-21,23-26H2,1-6H3,(H,48,49)(H,55,56)/t27?,32?,34-,35?,36?,38-,39+,42?,45+,46-,47-/m1/s1. The fraction of sp³-hybridized carbons (Fsp3) is 0.617. The van der Waals surface area contributed by atoms with Crippen molar-refractivity contribution >= 4 is 34.4 Å². The number of imide groups is 1. The molecule has 4 fully saturated rings. The predicted octanol–water partition coefficient (Wildman–Crippen LogP) is 8.17. The Balaban J connectivity index is 0.997. The maximum Gasteiger partial charge on any atom is 0.413 e. The van der Waals surface area contributed by atoms with Gasteiger partial charge in [0.05, 0.1) is 40.3 Å². The van der Waals surface area contributed by atoms with Gasteiger partial charge in [-0.2, -0.15) is 0 Å². The number of anilines is 1. The van der Waals surface area contributed by atoms with Crippen LogP contribution in [0.15, 0.2) is 48.5 Å². The first-order valence-electron chi connectivity index (χ1n) is 21.3. The summed E-state index contributed by atoms with van der Waals surface area (Å²) in [5, 5.41) is 49.9. The van der Waals surface area contributed by atoms with Crippen LogP contribution in [0, 0.1) is 53.3 Å². The van der Waals surface area contributed by atoms with Crippen molar-refractivity contribution in [3.63, 3.8) is 0 Å². The molecule has 0 saturated heterocycles. The van der Waals surface area contributed by atoms with Crippen molar-refractivity contribution in [1.29, 1.82) is 0 Å². The number of aryl methyl sites for hydroxylation is 2. The molecular formula is C47H63N3O7. The lowest BCUT2D eigenvalue weighted by molar-refractivity contribution is -0.216. The molecule has 0 radical (unpaired) electrons. The maximum atomic E-state index is 12.7. The van der Waals surface area contributed by atoms with Crippen LogP contribution in [-0.2, 0) is 17.8 Å². The number of para-hydroxylation sites is 1. The number of benzene rings is 2. The fourth-order valence-electron chi connectivity index (χ4n) is 12.7. The first-order valence-corrected chi connectivity index (χ1v) is 21.3. The van der Waals surface area contributed by atoms with Crippen LogP contribution >= 0.6 is 0 Å². The second-order valence-electron chi connectivity index (χ2n) is 19.0. The Morgan fingerprint density at radius 3 is 2.47 bits per heavy atom. The summed E-state index contributed by atoms with van der Waals surface area (Å²) in [5.74, 6) is 0.456. The molecule has 0 aliphatic heterocycles. The number of carbonyl (C=O) groups is 3. The van der Waals surface area contributed by atoms with E-state index in [1.807, 2.05) is 31.2 Å². The summed E-state index contributed by atoms with van der Waals surface area (Å²) in [5.41, 5.74) is 3.92. The summed E-state index contributed by atoms with van der Waals surface area (Å²) >= 11 is 0. The molecule has 4 saturated carbocycles. The van der Waals surface area contributed by atoms with E-state index in [0.717, 1.165) is 58.3 Å². The van der Waals surface area contributed by atoms with Crippen LogP contribution in [0.3, 0.4) is 0 Å². The summed E-state index contributed by atoms with van der Waals surface area (Å²) in [6.07, 6.45) is 5.15. The highest BCUT2D eigenvalue weighted by molar-refractivity contribution is 6.08. The van der Waals surface area contributed by atoms with Gasteiger partial charge in [-0.05, 0) is 142 Å². The van der Waals surface area contributed by atoms with E-state index in [0.29, 0.717) is 56.3 Å². The normalized spacial score (nSPS) is 33.8. The van der Waals surface area contributed by atoms with Crippen molar-refractivity contribution in [1.82, 2.24) is 9.88 Å². The second-order valence-corrected chi connectivity index (χ2v) is 19.0. The number of ketones is 1. The quantitative estimate of drug-likeness (QED) is 0.121. The first-order chi connectivity index (χ1) is 27.0. The van der Waals surface area contributed by atoms with Crippen LogP contribution in [0.1, 0.15) is 119 Å². The molecule has 4 aliphatic carbocycles. The van der Waals surface area contributed by atoms with E-state index in [2.05, 4.69) is 55.3 Å². The smallest absolute Gasteiger partial charge is 0.413 e. The SMILES string of the molecule is CC(=O)c1c(C)nc2ccccc2c1NCc1cccc(CC[C@@]2(O)CC[C@@]3(C)C(C[C@@H](O)C4C3C[C@H](O)[C@@]3(C)C4CC[C@@H]3C(C)CCC(=O)N(C)C(=O)O)C2)c1. The summed E-state index contributed by atoms with van der Waals surface area (Å²) in [6, 6.07) is 16.3. The number of pyridine rings is 1. The number of rotatable bonds is 11. The molecule has 7 rings (SSSR count). The minimum atomic E-state index is -1.25. The lowest BCUT2D eigenvalue weighted by atomic mass is 9.42. The molecule has 3 aromatic rings. The molecule has 5 N–H and O–H groups in total. The molecule has 308 valence electrons. The monoisotopic (exact) mass is 781 g/mol. The average Bonchev–Trinajstić information content (AvgIpc) is 3.54. The molecule has 1 aromatic heterocycles. The molecule has 0 bridgehead atoms. The van der Waals surface area contributed by atoms with Crippen molar-refractivity contribution in [3.8, 4) is 0 Å². The third-order valence-electron chi connectivity index (χ3n) is 15.9. The van der Waals surface area contributed by atoms with Gasteiger partial charge in [0.1, 0.15) is 0 Å². The Morgan fingerprint density at radius 2 is 1.74 bits per heavy atom. The van der Waals surface area contributed by atoms with E-state index in [4.69, 9.17) is 0 Å². The summed E-state index contributed by atoms with van der Waals surface area (Å²) < 4.78 is 0. The number of fused-ring (bicyclic) bond motifs is 6. The minimum absolute atomic E-state index is 0.0220. The molecule has 5 unspecified atom stereocenters. The Labute approximate surface area is 337 Å². The average molecular weight is 782 g/mol. The number of hydrogen-bond donors (Lipinski definition) is 5. The predicted molar refractivity (Wildman–Crippen MR) is 221 cm³/mol.